The van der Waals surface area contributed by atoms with Crippen LogP contribution in [0.5, 0.6) is 0 Å². The molecule has 0 aliphatic carbocycles. The van der Waals surface area contributed by atoms with E-state index in [2.05, 4.69) is 9.97 Å². The van der Waals surface area contributed by atoms with Gasteiger partial charge < -0.3 is 16.0 Å². The van der Waals surface area contributed by atoms with Crippen LogP contribution in [0.1, 0.15) is 7.43 Å². The average Bonchev–Trinajstić information content (AvgIpc) is 2.81. The maximum atomic E-state index is 6.01. The first-order chi connectivity index (χ1) is 9.70. The largest absolute Gasteiger partial charge is 0.383 e. The van der Waals surface area contributed by atoms with Crippen LogP contribution in [0.2, 0.25) is 5.02 Å². The average molecular weight is 304 g/mol. The summed E-state index contributed by atoms with van der Waals surface area (Å²) in [5.74, 6) is 0.468. The molecule has 0 bridgehead atoms. The summed E-state index contributed by atoms with van der Waals surface area (Å²) < 4.78 is 2.00. The molecule has 6 heteroatoms. The van der Waals surface area contributed by atoms with Gasteiger partial charge in [0, 0.05) is 29.9 Å². The van der Waals surface area contributed by atoms with E-state index in [0.717, 1.165) is 22.2 Å². The second kappa shape index (κ2) is 6.11. The van der Waals surface area contributed by atoms with E-state index in [9.17, 15) is 0 Å². The number of halogens is 1. The Morgan fingerprint density at radius 3 is 2.52 bits per heavy atom. The highest BCUT2D eigenvalue weighted by Crippen LogP contribution is 2.32. The highest BCUT2D eigenvalue weighted by molar-refractivity contribution is 6.30. The molecule has 0 saturated heterocycles. The number of fused-ring (bicyclic) bond motifs is 1. The lowest BCUT2D eigenvalue weighted by atomic mass is 10.1. The summed E-state index contributed by atoms with van der Waals surface area (Å²) in [6.45, 7) is 1.22. The Bertz CT molecular complexity index is 749. The van der Waals surface area contributed by atoms with Crippen molar-refractivity contribution in [2.24, 2.45) is 5.73 Å². The molecule has 0 aliphatic heterocycles. The van der Waals surface area contributed by atoms with E-state index in [1.807, 2.05) is 35.0 Å². The van der Waals surface area contributed by atoms with E-state index in [1.54, 1.807) is 0 Å². The number of anilines is 1. The summed E-state index contributed by atoms with van der Waals surface area (Å²) in [5.41, 5.74) is 14.5. The maximum absolute atomic E-state index is 6.01. The second-order valence-electron chi connectivity index (χ2n) is 4.49. The van der Waals surface area contributed by atoms with E-state index in [4.69, 9.17) is 23.1 Å². The van der Waals surface area contributed by atoms with Gasteiger partial charge in [-0.15, -0.1) is 0 Å². The van der Waals surface area contributed by atoms with Crippen LogP contribution in [0, 0.1) is 0 Å². The predicted octanol–water partition coefficient (Wildman–Crippen LogP) is 2.93. The van der Waals surface area contributed by atoms with Crippen molar-refractivity contribution in [2.75, 3.05) is 12.3 Å². The van der Waals surface area contributed by atoms with Crippen molar-refractivity contribution in [3.8, 4) is 11.1 Å². The van der Waals surface area contributed by atoms with Gasteiger partial charge >= 0.3 is 0 Å². The third kappa shape index (κ3) is 2.70. The zero-order valence-corrected chi connectivity index (χ0v) is 11.5. The minimum Gasteiger partial charge on any atom is -0.383 e. The normalized spacial score (nSPS) is 10.6. The van der Waals surface area contributed by atoms with Gasteiger partial charge in [0.25, 0.3) is 0 Å². The van der Waals surface area contributed by atoms with Crippen molar-refractivity contribution in [3.05, 3.63) is 41.8 Å². The first kappa shape index (κ1) is 15.3. The molecule has 0 aliphatic rings. The number of hydrogen-bond acceptors (Lipinski definition) is 4. The molecule has 0 saturated carbocycles. The summed E-state index contributed by atoms with van der Waals surface area (Å²) >= 11 is 5.93. The lowest BCUT2D eigenvalue weighted by Gasteiger charge is -2.01. The fraction of sp³-hybridized carbons (Fsp3) is 0.200. The number of nitrogen functional groups attached to an aromatic ring is 1. The molecule has 110 valence electrons. The lowest BCUT2D eigenvalue weighted by Crippen LogP contribution is -2.09. The highest BCUT2D eigenvalue weighted by Gasteiger charge is 2.14. The summed E-state index contributed by atoms with van der Waals surface area (Å²) in [6.07, 6.45) is 3.47. The van der Waals surface area contributed by atoms with E-state index >= 15 is 0 Å². The molecule has 0 radical (unpaired) electrons. The Morgan fingerprint density at radius 2 is 1.86 bits per heavy atom. The molecule has 3 rings (SSSR count). The number of aromatic nitrogens is 3. The van der Waals surface area contributed by atoms with Crippen molar-refractivity contribution in [3.63, 3.8) is 0 Å². The van der Waals surface area contributed by atoms with Crippen molar-refractivity contribution >= 4 is 28.5 Å². The standard InChI is InChI=1S/C14H14ClN5.CH4/c15-10-3-1-9(2-4-10)11-7-20(6-5-16)14-12(11)13(17)18-8-19-14;/h1-4,7-8H,5-6,16H2,(H2,17,18,19);1H4. The predicted molar refractivity (Wildman–Crippen MR) is 88.2 cm³/mol. The van der Waals surface area contributed by atoms with E-state index in [1.165, 1.54) is 6.33 Å². The number of benzene rings is 1. The molecule has 0 fully saturated rings. The molecule has 1 aromatic carbocycles. The molecule has 5 nitrogen and oxygen atoms in total. The van der Waals surface area contributed by atoms with E-state index < -0.39 is 0 Å². The minimum atomic E-state index is 0. The van der Waals surface area contributed by atoms with Crippen LogP contribution in [0.15, 0.2) is 36.8 Å². The van der Waals surface area contributed by atoms with Gasteiger partial charge in [-0.1, -0.05) is 31.2 Å². The molecule has 21 heavy (non-hydrogen) atoms. The van der Waals surface area contributed by atoms with Crippen LogP contribution < -0.4 is 11.5 Å². The fourth-order valence-corrected chi connectivity index (χ4v) is 2.43. The van der Waals surface area contributed by atoms with Gasteiger partial charge in [0.1, 0.15) is 17.8 Å². The zero-order valence-electron chi connectivity index (χ0n) is 10.8. The second-order valence-corrected chi connectivity index (χ2v) is 4.93. The van der Waals surface area contributed by atoms with Crippen molar-refractivity contribution in [1.82, 2.24) is 14.5 Å². The Hall–Kier alpha value is -2.11. The summed E-state index contributed by atoms with van der Waals surface area (Å²) in [7, 11) is 0. The molecule has 2 aromatic heterocycles. The fourth-order valence-electron chi connectivity index (χ4n) is 2.30. The molecule has 0 spiro atoms. The van der Waals surface area contributed by atoms with Crippen LogP contribution in [0.3, 0.4) is 0 Å². The molecule has 4 N–H and O–H groups in total. The van der Waals surface area contributed by atoms with Gasteiger partial charge in [-0.3, -0.25) is 0 Å². The first-order valence-electron chi connectivity index (χ1n) is 6.26. The maximum Gasteiger partial charge on any atom is 0.146 e. The molecular formula is C15H18ClN5. The first-order valence-corrected chi connectivity index (χ1v) is 6.64. The lowest BCUT2D eigenvalue weighted by molar-refractivity contribution is 0.728. The molecule has 0 atom stereocenters. The monoisotopic (exact) mass is 303 g/mol. The highest BCUT2D eigenvalue weighted by atomic mass is 35.5. The van der Waals surface area contributed by atoms with Crippen molar-refractivity contribution < 1.29 is 0 Å². The summed E-state index contributed by atoms with van der Waals surface area (Å²) in [4.78, 5) is 8.40. The quantitative estimate of drug-likeness (QED) is 0.779. The van der Waals surface area contributed by atoms with Crippen LogP contribution in [-0.2, 0) is 6.54 Å². The Kier molecular flexibility index (Phi) is 4.45. The van der Waals surface area contributed by atoms with Gasteiger partial charge in [0.2, 0.25) is 0 Å². The van der Waals surface area contributed by atoms with Crippen molar-refractivity contribution in [1.29, 1.82) is 0 Å². The molecule has 3 aromatic rings. The Morgan fingerprint density at radius 1 is 1.14 bits per heavy atom. The van der Waals surface area contributed by atoms with Gasteiger partial charge in [0.15, 0.2) is 0 Å². The number of nitrogens with two attached hydrogens (primary N) is 2. The van der Waals surface area contributed by atoms with Crippen LogP contribution in [-0.4, -0.2) is 21.1 Å². The Labute approximate surface area is 128 Å². The number of hydrogen-bond donors (Lipinski definition) is 2. The minimum absolute atomic E-state index is 0. The smallest absolute Gasteiger partial charge is 0.146 e. The topological polar surface area (TPSA) is 82.8 Å². The third-order valence-electron chi connectivity index (χ3n) is 3.21. The van der Waals surface area contributed by atoms with Crippen LogP contribution in [0.4, 0.5) is 5.82 Å². The molecule has 0 amide bonds. The van der Waals surface area contributed by atoms with E-state index in [0.29, 0.717) is 23.9 Å². The third-order valence-corrected chi connectivity index (χ3v) is 3.46. The SMILES string of the molecule is C.NCCn1cc(-c2ccc(Cl)cc2)c2c(N)ncnc21. The van der Waals surface area contributed by atoms with Gasteiger partial charge in [-0.25, -0.2) is 9.97 Å². The number of nitrogens with zero attached hydrogens (tertiary/aromatic N) is 3. The van der Waals surface area contributed by atoms with E-state index in [-0.39, 0.29) is 7.43 Å². The van der Waals surface area contributed by atoms with Gasteiger partial charge in [-0.2, -0.15) is 0 Å². The number of rotatable bonds is 3. The molecule has 0 unspecified atom stereocenters. The Balaban J connectivity index is 0.00000161. The van der Waals surface area contributed by atoms with Crippen LogP contribution in [0.25, 0.3) is 22.2 Å². The zero-order chi connectivity index (χ0) is 14.1. The van der Waals surface area contributed by atoms with Gasteiger partial charge in [-0.05, 0) is 17.7 Å². The van der Waals surface area contributed by atoms with Crippen LogP contribution >= 0.6 is 11.6 Å². The van der Waals surface area contributed by atoms with Gasteiger partial charge in [0.05, 0.1) is 5.39 Å². The summed E-state index contributed by atoms with van der Waals surface area (Å²) in [5, 5.41) is 1.55. The summed E-state index contributed by atoms with van der Waals surface area (Å²) in [6, 6.07) is 7.61. The molecule has 2 heterocycles. The van der Waals surface area contributed by atoms with Crippen molar-refractivity contribution in [2.45, 2.75) is 14.0 Å². The molecular weight excluding hydrogens is 286 g/mol.